The maximum Gasteiger partial charge on any atom is 0.117 e. The third-order valence-corrected chi connectivity index (χ3v) is 7.25. The molecule has 0 unspecified atom stereocenters. The summed E-state index contributed by atoms with van der Waals surface area (Å²) in [5.41, 5.74) is 3.68. The van der Waals surface area contributed by atoms with E-state index < -0.39 is 0 Å². The summed E-state index contributed by atoms with van der Waals surface area (Å²) in [6, 6.07) is 10.9. The zero-order valence-corrected chi connectivity index (χ0v) is 15.0. The minimum atomic E-state index is 0.533. The molecule has 1 atom stereocenters. The van der Waals surface area contributed by atoms with Gasteiger partial charge in [0, 0.05) is 18.2 Å². The number of aromatic nitrogens is 3. The van der Waals surface area contributed by atoms with Crippen molar-refractivity contribution in [3.05, 3.63) is 36.0 Å². The van der Waals surface area contributed by atoms with Crippen LogP contribution in [0.15, 0.2) is 30.3 Å². The van der Waals surface area contributed by atoms with Gasteiger partial charge in [-0.25, -0.2) is 0 Å². The van der Waals surface area contributed by atoms with Crippen LogP contribution in [0, 0.1) is 23.2 Å². The highest BCUT2D eigenvalue weighted by molar-refractivity contribution is 5.60. The maximum absolute atomic E-state index is 4.41. The molecular formula is C21H28N4. The molecule has 0 amide bonds. The minimum absolute atomic E-state index is 0.533. The SMILES string of the molecule is C[C@@H](NCc1n[nH]nc1-c1ccccc1)C12CC3CC(CC(C3)C1)C2. The molecule has 0 radical (unpaired) electrons. The molecule has 2 N–H and O–H groups in total. The number of hydrogen-bond acceptors (Lipinski definition) is 3. The third kappa shape index (κ3) is 2.71. The Balaban J connectivity index is 1.30. The number of H-pyrrole nitrogens is 1. The molecule has 4 fully saturated rings. The fourth-order valence-corrected chi connectivity index (χ4v) is 6.38. The van der Waals surface area contributed by atoms with Gasteiger partial charge >= 0.3 is 0 Å². The minimum Gasteiger partial charge on any atom is -0.308 e. The summed E-state index contributed by atoms with van der Waals surface area (Å²) in [6.07, 6.45) is 8.85. The Morgan fingerprint density at radius 1 is 1.04 bits per heavy atom. The van der Waals surface area contributed by atoms with Crippen LogP contribution in [0.25, 0.3) is 11.3 Å². The molecule has 1 aromatic carbocycles. The Morgan fingerprint density at radius 2 is 1.68 bits per heavy atom. The van der Waals surface area contributed by atoms with Gasteiger partial charge in [-0.1, -0.05) is 30.3 Å². The number of benzene rings is 1. The molecule has 4 aliphatic rings. The smallest absolute Gasteiger partial charge is 0.117 e. The van der Waals surface area contributed by atoms with E-state index in [0.717, 1.165) is 41.2 Å². The third-order valence-electron chi connectivity index (χ3n) is 7.25. The summed E-state index contributed by atoms with van der Waals surface area (Å²) in [6.45, 7) is 3.21. The van der Waals surface area contributed by atoms with E-state index in [0.29, 0.717) is 11.5 Å². The van der Waals surface area contributed by atoms with Crippen molar-refractivity contribution in [1.82, 2.24) is 20.7 Å². The van der Waals surface area contributed by atoms with Crippen LogP contribution in [0.1, 0.15) is 51.1 Å². The first kappa shape index (κ1) is 15.6. The quantitative estimate of drug-likeness (QED) is 0.862. The average Bonchev–Trinajstić information content (AvgIpc) is 3.08. The highest BCUT2D eigenvalue weighted by Gasteiger charge is 2.52. The van der Waals surface area contributed by atoms with E-state index in [1.54, 1.807) is 0 Å². The van der Waals surface area contributed by atoms with Gasteiger partial charge in [-0.15, -0.1) is 0 Å². The lowest BCUT2D eigenvalue weighted by Gasteiger charge is -2.59. The van der Waals surface area contributed by atoms with Crippen LogP contribution in [-0.4, -0.2) is 21.5 Å². The first-order chi connectivity index (χ1) is 12.2. The van der Waals surface area contributed by atoms with Crippen LogP contribution in [0.3, 0.4) is 0 Å². The van der Waals surface area contributed by atoms with Gasteiger partial charge in [0.05, 0.1) is 0 Å². The summed E-state index contributed by atoms with van der Waals surface area (Å²) in [7, 11) is 0. The predicted molar refractivity (Wildman–Crippen MR) is 98.7 cm³/mol. The normalized spacial score (nSPS) is 34.4. The van der Waals surface area contributed by atoms with Crippen molar-refractivity contribution >= 4 is 0 Å². The lowest BCUT2D eigenvalue weighted by atomic mass is 9.48. The maximum atomic E-state index is 4.41. The Morgan fingerprint density at radius 3 is 2.32 bits per heavy atom. The van der Waals surface area contributed by atoms with Crippen LogP contribution in [0.5, 0.6) is 0 Å². The lowest BCUT2D eigenvalue weighted by Crippen LogP contribution is -2.54. The standard InChI is InChI=1S/C21H28N4/c1-14(21-10-15-7-16(11-21)9-17(8-15)12-21)22-13-19-20(24-25-23-19)18-5-3-2-4-6-18/h2-6,14-17,22H,7-13H2,1H3,(H,23,24,25)/t14-,15?,16?,17?,21?/m1/s1. The Kier molecular flexibility index (Phi) is 3.70. The molecule has 4 aliphatic carbocycles. The number of nitrogens with one attached hydrogen (secondary N) is 2. The Bertz CT molecular complexity index is 700. The monoisotopic (exact) mass is 336 g/mol. The van der Waals surface area contributed by atoms with Crippen molar-refractivity contribution in [2.45, 2.75) is 58.0 Å². The molecule has 0 aliphatic heterocycles. The Hall–Kier alpha value is -1.68. The van der Waals surface area contributed by atoms with Gasteiger partial charge < -0.3 is 5.32 Å². The molecule has 25 heavy (non-hydrogen) atoms. The van der Waals surface area contributed by atoms with Crippen molar-refractivity contribution in [1.29, 1.82) is 0 Å². The fraction of sp³-hybridized carbons (Fsp3) is 0.619. The van der Waals surface area contributed by atoms with Crippen molar-refractivity contribution in [2.24, 2.45) is 23.2 Å². The van der Waals surface area contributed by atoms with Crippen LogP contribution in [-0.2, 0) is 6.54 Å². The molecule has 132 valence electrons. The summed E-state index contributed by atoms with van der Waals surface area (Å²) in [5.74, 6) is 3.01. The first-order valence-electron chi connectivity index (χ1n) is 9.90. The highest BCUT2D eigenvalue weighted by atomic mass is 15.3. The summed E-state index contributed by atoms with van der Waals surface area (Å²) in [4.78, 5) is 0. The van der Waals surface area contributed by atoms with E-state index in [2.05, 4.69) is 51.9 Å². The van der Waals surface area contributed by atoms with Crippen molar-refractivity contribution in [3.8, 4) is 11.3 Å². The molecule has 1 heterocycles. The van der Waals surface area contributed by atoms with Gasteiger partial charge in [-0.3, -0.25) is 0 Å². The fourth-order valence-electron chi connectivity index (χ4n) is 6.38. The number of hydrogen-bond donors (Lipinski definition) is 2. The van der Waals surface area contributed by atoms with E-state index >= 15 is 0 Å². The first-order valence-corrected chi connectivity index (χ1v) is 9.90. The summed E-state index contributed by atoms with van der Waals surface area (Å²) >= 11 is 0. The van der Waals surface area contributed by atoms with Crippen molar-refractivity contribution < 1.29 is 0 Å². The van der Waals surface area contributed by atoms with E-state index in [1.807, 2.05) is 6.07 Å². The van der Waals surface area contributed by atoms with Crippen LogP contribution < -0.4 is 5.32 Å². The van der Waals surface area contributed by atoms with Crippen LogP contribution in [0.2, 0.25) is 0 Å². The summed E-state index contributed by atoms with van der Waals surface area (Å²) in [5, 5.41) is 15.4. The number of rotatable bonds is 5. The molecule has 1 aromatic heterocycles. The predicted octanol–water partition coefficient (Wildman–Crippen LogP) is 4.17. The van der Waals surface area contributed by atoms with Gasteiger partial charge in [0.1, 0.15) is 11.4 Å². The molecule has 2 aromatic rings. The highest BCUT2D eigenvalue weighted by Crippen LogP contribution is 2.61. The van der Waals surface area contributed by atoms with E-state index in [-0.39, 0.29) is 0 Å². The van der Waals surface area contributed by atoms with E-state index in [1.165, 1.54) is 38.5 Å². The molecule has 4 nitrogen and oxygen atoms in total. The largest absolute Gasteiger partial charge is 0.308 e. The van der Waals surface area contributed by atoms with Gasteiger partial charge in [0.15, 0.2) is 0 Å². The van der Waals surface area contributed by atoms with Gasteiger partial charge in [-0.2, -0.15) is 15.4 Å². The van der Waals surface area contributed by atoms with Crippen LogP contribution >= 0.6 is 0 Å². The van der Waals surface area contributed by atoms with Crippen molar-refractivity contribution in [3.63, 3.8) is 0 Å². The molecule has 4 heteroatoms. The van der Waals surface area contributed by atoms with Crippen molar-refractivity contribution in [2.75, 3.05) is 0 Å². The zero-order chi connectivity index (χ0) is 16.9. The molecule has 4 bridgehead atoms. The van der Waals surface area contributed by atoms with Crippen LogP contribution in [0.4, 0.5) is 0 Å². The second-order valence-corrected chi connectivity index (χ2v) is 8.87. The number of nitrogens with zero attached hydrogens (tertiary/aromatic N) is 2. The number of aromatic amines is 1. The molecule has 6 rings (SSSR count). The van der Waals surface area contributed by atoms with E-state index in [4.69, 9.17) is 0 Å². The second kappa shape index (κ2) is 5.94. The zero-order valence-electron chi connectivity index (χ0n) is 15.0. The summed E-state index contributed by atoms with van der Waals surface area (Å²) < 4.78 is 0. The molecule has 4 saturated carbocycles. The second-order valence-electron chi connectivity index (χ2n) is 8.87. The molecule has 0 saturated heterocycles. The average molecular weight is 336 g/mol. The molecular weight excluding hydrogens is 308 g/mol. The van der Waals surface area contributed by atoms with E-state index in [9.17, 15) is 0 Å². The van der Waals surface area contributed by atoms with Gasteiger partial charge in [0.25, 0.3) is 0 Å². The van der Waals surface area contributed by atoms with Gasteiger partial charge in [0.2, 0.25) is 0 Å². The lowest BCUT2D eigenvalue weighted by molar-refractivity contribution is -0.0707. The molecule has 0 spiro atoms. The Labute approximate surface area is 149 Å². The van der Waals surface area contributed by atoms with Gasteiger partial charge in [-0.05, 0) is 68.6 Å². The topological polar surface area (TPSA) is 53.6 Å².